The Kier molecular flexibility index (Phi) is 6.08. The number of amides is 3. The third-order valence-electron chi connectivity index (χ3n) is 5.04. The Morgan fingerprint density at radius 3 is 2.35 bits per heavy atom. The Morgan fingerprint density at radius 1 is 0.871 bits per heavy atom. The lowest BCUT2D eigenvalue weighted by atomic mass is 10.1. The first kappa shape index (κ1) is 20.3. The second-order valence-corrected chi connectivity index (χ2v) is 7.21. The molecular weight excluding hydrogens is 392 g/mol. The third kappa shape index (κ3) is 4.80. The summed E-state index contributed by atoms with van der Waals surface area (Å²) < 4.78 is 5.90. The van der Waals surface area contributed by atoms with E-state index >= 15 is 0 Å². The van der Waals surface area contributed by atoms with Gasteiger partial charge in [0, 0.05) is 24.8 Å². The number of benzene rings is 3. The molecular formula is C25H22N2O4. The van der Waals surface area contributed by atoms with Gasteiger partial charge in [0.1, 0.15) is 5.75 Å². The van der Waals surface area contributed by atoms with Crippen LogP contribution in [0.15, 0.2) is 78.9 Å². The summed E-state index contributed by atoms with van der Waals surface area (Å²) in [5, 5.41) is 2.86. The number of rotatable bonds is 7. The van der Waals surface area contributed by atoms with E-state index in [4.69, 9.17) is 4.74 Å². The lowest BCUT2D eigenvalue weighted by Crippen LogP contribution is -2.28. The number of carbonyl (C=O) groups excluding carboxylic acids is 3. The van der Waals surface area contributed by atoms with Gasteiger partial charge in [-0.25, -0.2) is 0 Å². The van der Waals surface area contributed by atoms with E-state index in [1.807, 2.05) is 42.5 Å². The Bertz CT molecular complexity index is 1100. The van der Waals surface area contributed by atoms with Gasteiger partial charge in [-0.05, 0) is 35.9 Å². The van der Waals surface area contributed by atoms with Crippen LogP contribution in [-0.2, 0) is 16.0 Å². The zero-order valence-corrected chi connectivity index (χ0v) is 16.9. The van der Waals surface area contributed by atoms with Gasteiger partial charge in [-0.2, -0.15) is 0 Å². The van der Waals surface area contributed by atoms with E-state index in [1.165, 1.54) is 5.56 Å². The molecule has 0 unspecified atom stereocenters. The first-order chi connectivity index (χ1) is 15.1. The van der Waals surface area contributed by atoms with Crippen LogP contribution < -0.4 is 15.0 Å². The molecule has 0 bridgehead atoms. The monoisotopic (exact) mass is 414 g/mol. The summed E-state index contributed by atoms with van der Waals surface area (Å²) in [4.78, 5) is 38.0. The normalized spacial score (nSPS) is 13.4. The van der Waals surface area contributed by atoms with Gasteiger partial charge in [0.05, 0.1) is 18.0 Å². The SMILES string of the molecule is O=C(Nc1ccccc1OCCc1ccccc1)c1cccc(N2C(=O)CCC2=O)c1. The van der Waals surface area contributed by atoms with Gasteiger partial charge in [0.2, 0.25) is 11.8 Å². The van der Waals surface area contributed by atoms with E-state index in [0.717, 1.165) is 11.3 Å². The number of hydrogen-bond donors (Lipinski definition) is 1. The number of anilines is 2. The smallest absolute Gasteiger partial charge is 0.255 e. The van der Waals surface area contributed by atoms with Crippen LogP contribution in [-0.4, -0.2) is 24.3 Å². The van der Waals surface area contributed by atoms with Crippen molar-refractivity contribution in [1.29, 1.82) is 0 Å². The van der Waals surface area contributed by atoms with Crippen LogP contribution >= 0.6 is 0 Å². The second-order valence-electron chi connectivity index (χ2n) is 7.21. The van der Waals surface area contributed by atoms with Crippen LogP contribution in [0.1, 0.15) is 28.8 Å². The minimum Gasteiger partial charge on any atom is -0.491 e. The predicted molar refractivity (Wildman–Crippen MR) is 118 cm³/mol. The van der Waals surface area contributed by atoms with Crippen molar-refractivity contribution >= 4 is 29.1 Å². The second kappa shape index (κ2) is 9.26. The van der Waals surface area contributed by atoms with Gasteiger partial charge in [-0.3, -0.25) is 19.3 Å². The van der Waals surface area contributed by atoms with Crippen molar-refractivity contribution < 1.29 is 19.1 Å². The Labute approximate surface area is 180 Å². The molecule has 1 heterocycles. The quantitative estimate of drug-likeness (QED) is 0.588. The first-order valence-electron chi connectivity index (χ1n) is 10.1. The maximum absolute atomic E-state index is 12.8. The fraction of sp³-hybridized carbons (Fsp3) is 0.160. The molecule has 0 saturated carbocycles. The van der Waals surface area contributed by atoms with Gasteiger partial charge >= 0.3 is 0 Å². The highest BCUT2D eigenvalue weighted by Gasteiger charge is 2.30. The average molecular weight is 414 g/mol. The molecule has 3 amide bonds. The molecule has 31 heavy (non-hydrogen) atoms. The van der Waals surface area contributed by atoms with Crippen molar-refractivity contribution in [1.82, 2.24) is 0 Å². The Hall–Kier alpha value is -3.93. The van der Waals surface area contributed by atoms with Crippen LogP contribution in [0.2, 0.25) is 0 Å². The number of para-hydroxylation sites is 2. The molecule has 1 aliphatic rings. The van der Waals surface area contributed by atoms with E-state index in [9.17, 15) is 14.4 Å². The molecule has 0 aromatic heterocycles. The minimum atomic E-state index is -0.347. The van der Waals surface area contributed by atoms with Crippen molar-refractivity contribution in [3.63, 3.8) is 0 Å². The summed E-state index contributed by atoms with van der Waals surface area (Å²) >= 11 is 0. The van der Waals surface area contributed by atoms with Crippen molar-refractivity contribution in [3.05, 3.63) is 90.0 Å². The molecule has 156 valence electrons. The summed E-state index contributed by atoms with van der Waals surface area (Å²) in [6.45, 7) is 0.478. The molecule has 1 saturated heterocycles. The molecule has 0 aliphatic carbocycles. The zero-order chi connectivity index (χ0) is 21.6. The van der Waals surface area contributed by atoms with Crippen molar-refractivity contribution in [2.45, 2.75) is 19.3 Å². The van der Waals surface area contributed by atoms with Crippen LogP contribution in [0, 0.1) is 0 Å². The topological polar surface area (TPSA) is 75.7 Å². The number of carbonyl (C=O) groups is 3. The largest absolute Gasteiger partial charge is 0.491 e. The van der Waals surface area contributed by atoms with E-state index in [1.54, 1.807) is 36.4 Å². The Morgan fingerprint density at radius 2 is 1.58 bits per heavy atom. The van der Waals surface area contributed by atoms with E-state index in [2.05, 4.69) is 5.32 Å². The number of hydrogen-bond acceptors (Lipinski definition) is 4. The summed E-state index contributed by atoms with van der Waals surface area (Å²) in [7, 11) is 0. The average Bonchev–Trinajstić information content (AvgIpc) is 3.13. The van der Waals surface area contributed by atoms with Crippen molar-refractivity contribution in [3.8, 4) is 5.75 Å². The lowest BCUT2D eigenvalue weighted by molar-refractivity contribution is -0.121. The molecule has 3 aromatic rings. The predicted octanol–water partition coefficient (Wildman–Crippen LogP) is 4.21. The van der Waals surface area contributed by atoms with Gasteiger partial charge < -0.3 is 10.1 Å². The fourth-order valence-corrected chi connectivity index (χ4v) is 3.46. The van der Waals surface area contributed by atoms with Crippen LogP contribution in [0.25, 0.3) is 0 Å². The highest BCUT2D eigenvalue weighted by atomic mass is 16.5. The molecule has 3 aromatic carbocycles. The molecule has 0 atom stereocenters. The van der Waals surface area contributed by atoms with Crippen molar-refractivity contribution in [2.75, 3.05) is 16.8 Å². The molecule has 1 aliphatic heterocycles. The fourth-order valence-electron chi connectivity index (χ4n) is 3.46. The number of imide groups is 1. The lowest BCUT2D eigenvalue weighted by Gasteiger charge is -2.15. The zero-order valence-electron chi connectivity index (χ0n) is 16.9. The molecule has 0 spiro atoms. The molecule has 1 fully saturated rings. The molecule has 6 heteroatoms. The van der Waals surface area contributed by atoms with Crippen LogP contribution in [0.4, 0.5) is 11.4 Å². The standard InChI is InChI=1S/C25H22N2O4/c28-23-13-14-24(29)27(23)20-10-6-9-19(17-20)25(30)26-21-11-4-5-12-22(21)31-16-15-18-7-2-1-3-8-18/h1-12,17H,13-16H2,(H,26,30). The van der Waals surface area contributed by atoms with Crippen LogP contribution in [0.5, 0.6) is 5.75 Å². The summed E-state index contributed by atoms with van der Waals surface area (Å²) in [6.07, 6.45) is 1.15. The number of nitrogens with zero attached hydrogens (tertiary/aromatic N) is 1. The minimum absolute atomic E-state index is 0.197. The highest BCUT2D eigenvalue weighted by molar-refractivity contribution is 6.20. The first-order valence-corrected chi connectivity index (χ1v) is 10.1. The molecule has 6 nitrogen and oxygen atoms in total. The van der Waals surface area contributed by atoms with E-state index < -0.39 is 0 Å². The maximum atomic E-state index is 12.8. The highest BCUT2D eigenvalue weighted by Crippen LogP contribution is 2.26. The van der Waals surface area contributed by atoms with Gasteiger partial charge in [0.25, 0.3) is 5.91 Å². The van der Waals surface area contributed by atoms with Gasteiger partial charge in [-0.15, -0.1) is 0 Å². The molecule has 0 radical (unpaired) electrons. The van der Waals surface area contributed by atoms with Crippen LogP contribution in [0.3, 0.4) is 0 Å². The number of ether oxygens (including phenoxy) is 1. The molecule has 1 N–H and O–H groups in total. The van der Waals surface area contributed by atoms with Crippen molar-refractivity contribution in [2.24, 2.45) is 0 Å². The van der Waals surface area contributed by atoms with Gasteiger partial charge in [0.15, 0.2) is 0 Å². The summed E-state index contributed by atoms with van der Waals surface area (Å²) in [5.74, 6) is -0.271. The number of nitrogens with one attached hydrogen (secondary N) is 1. The van der Waals surface area contributed by atoms with E-state index in [0.29, 0.717) is 29.3 Å². The molecule has 4 rings (SSSR count). The summed E-state index contributed by atoms with van der Waals surface area (Å²) in [6, 6.07) is 23.8. The Balaban J connectivity index is 1.45. The van der Waals surface area contributed by atoms with E-state index in [-0.39, 0.29) is 30.6 Å². The third-order valence-corrected chi connectivity index (χ3v) is 5.04. The maximum Gasteiger partial charge on any atom is 0.255 e. The summed E-state index contributed by atoms with van der Waals surface area (Å²) in [5.41, 5.74) is 2.49. The van der Waals surface area contributed by atoms with Gasteiger partial charge in [-0.1, -0.05) is 48.5 Å².